The number of carbonyl (C=O) groups excluding carboxylic acids is 1. The first-order valence-corrected chi connectivity index (χ1v) is 10.9. The molecule has 1 amide bonds. The standard InChI is InChI=1S/C24H39NO4/c1-2-3-13-17-22(26)18-14-11-9-7-5-4-6-8-10-12-15-19-23(27)25-21-16-20-24(28)29/h4-5,8-11,14,18,22,26H,2-3,6-7,12-13,15-17,19-21H2,1H3,(H,25,27)(H,28,29)/b5-4-,10-8-,11-9-,18-14+/t22-/m0/s1. The highest BCUT2D eigenvalue weighted by molar-refractivity contribution is 5.75. The van der Waals surface area contributed by atoms with Gasteiger partial charge in [0.05, 0.1) is 6.10 Å². The number of carbonyl (C=O) groups is 2. The molecule has 1 atom stereocenters. The summed E-state index contributed by atoms with van der Waals surface area (Å²) in [6.45, 7) is 2.58. The second-order valence-electron chi connectivity index (χ2n) is 7.03. The quantitative estimate of drug-likeness (QED) is 0.168. The summed E-state index contributed by atoms with van der Waals surface area (Å²) in [4.78, 5) is 21.9. The number of hydrogen-bond donors (Lipinski definition) is 3. The van der Waals surface area contributed by atoms with Crippen molar-refractivity contribution in [2.24, 2.45) is 0 Å². The largest absolute Gasteiger partial charge is 0.481 e. The number of allylic oxidation sites excluding steroid dienone is 7. The van der Waals surface area contributed by atoms with Gasteiger partial charge in [0, 0.05) is 19.4 Å². The van der Waals surface area contributed by atoms with Crippen molar-refractivity contribution in [3.05, 3.63) is 48.6 Å². The van der Waals surface area contributed by atoms with Gasteiger partial charge in [-0.2, -0.15) is 0 Å². The van der Waals surface area contributed by atoms with Crippen LogP contribution in [0.5, 0.6) is 0 Å². The van der Waals surface area contributed by atoms with Crippen molar-refractivity contribution in [2.75, 3.05) is 6.54 Å². The third-order valence-corrected chi connectivity index (χ3v) is 4.23. The predicted molar refractivity (Wildman–Crippen MR) is 120 cm³/mol. The summed E-state index contributed by atoms with van der Waals surface area (Å²) in [6.07, 6.45) is 24.5. The number of aliphatic hydroxyl groups is 1. The van der Waals surface area contributed by atoms with Crippen LogP contribution in [-0.4, -0.2) is 34.7 Å². The Morgan fingerprint density at radius 3 is 2.34 bits per heavy atom. The predicted octanol–water partition coefficient (Wildman–Crippen LogP) is 5.08. The fourth-order valence-electron chi connectivity index (χ4n) is 2.55. The van der Waals surface area contributed by atoms with Crippen molar-refractivity contribution in [1.29, 1.82) is 0 Å². The first-order valence-electron chi connectivity index (χ1n) is 10.9. The molecule has 5 nitrogen and oxygen atoms in total. The second kappa shape index (κ2) is 20.6. The summed E-state index contributed by atoms with van der Waals surface area (Å²) in [5.41, 5.74) is 0. The molecule has 0 aromatic carbocycles. The summed E-state index contributed by atoms with van der Waals surface area (Å²) in [5.74, 6) is -0.850. The van der Waals surface area contributed by atoms with Crippen LogP contribution in [0.15, 0.2) is 48.6 Å². The van der Waals surface area contributed by atoms with E-state index in [9.17, 15) is 14.7 Å². The third-order valence-electron chi connectivity index (χ3n) is 4.23. The SMILES string of the molecule is CCCCC[C@H](O)/C=C/C=C\C/C=C\C/C=C\CCCC(=O)NCCCC(=O)O. The molecule has 164 valence electrons. The Balaban J connectivity index is 3.59. The van der Waals surface area contributed by atoms with Crippen molar-refractivity contribution < 1.29 is 19.8 Å². The molecule has 3 N–H and O–H groups in total. The van der Waals surface area contributed by atoms with Gasteiger partial charge in [0.25, 0.3) is 0 Å². The second-order valence-corrected chi connectivity index (χ2v) is 7.03. The fourth-order valence-corrected chi connectivity index (χ4v) is 2.55. The van der Waals surface area contributed by atoms with E-state index in [0.717, 1.165) is 38.5 Å². The molecule has 29 heavy (non-hydrogen) atoms. The molecule has 0 fully saturated rings. The summed E-state index contributed by atoms with van der Waals surface area (Å²) in [7, 11) is 0. The van der Waals surface area contributed by atoms with E-state index in [2.05, 4.69) is 42.6 Å². The lowest BCUT2D eigenvalue weighted by Crippen LogP contribution is -2.24. The smallest absolute Gasteiger partial charge is 0.303 e. The molecule has 0 aliphatic rings. The Morgan fingerprint density at radius 1 is 0.897 bits per heavy atom. The van der Waals surface area contributed by atoms with Gasteiger partial charge in [-0.1, -0.05) is 74.8 Å². The van der Waals surface area contributed by atoms with E-state index in [1.54, 1.807) is 0 Å². The zero-order chi connectivity index (χ0) is 21.6. The van der Waals surface area contributed by atoms with Gasteiger partial charge < -0.3 is 15.5 Å². The Kier molecular flexibility index (Phi) is 19.1. The first kappa shape index (κ1) is 26.9. The molecule has 0 aromatic rings. The van der Waals surface area contributed by atoms with E-state index >= 15 is 0 Å². The Morgan fingerprint density at radius 2 is 1.62 bits per heavy atom. The van der Waals surface area contributed by atoms with E-state index < -0.39 is 5.97 Å². The number of carboxylic acids is 1. The highest BCUT2D eigenvalue weighted by Gasteiger charge is 2.01. The minimum absolute atomic E-state index is 0.0157. The molecule has 0 spiro atoms. The molecule has 5 heteroatoms. The van der Waals surface area contributed by atoms with Crippen molar-refractivity contribution in [2.45, 2.75) is 83.7 Å². The van der Waals surface area contributed by atoms with Gasteiger partial charge in [-0.25, -0.2) is 0 Å². The van der Waals surface area contributed by atoms with Gasteiger partial charge in [-0.3, -0.25) is 9.59 Å². The van der Waals surface area contributed by atoms with Gasteiger partial charge in [-0.05, 0) is 38.5 Å². The molecule has 0 radical (unpaired) electrons. The molecular formula is C24H39NO4. The minimum Gasteiger partial charge on any atom is -0.481 e. The summed E-state index contributed by atoms with van der Waals surface area (Å²) >= 11 is 0. The van der Waals surface area contributed by atoms with Crippen LogP contribution in [0.25, 0.3) is 0 Å². The van der Waals surface area contributed by atoms with Crippen molar-refractivity contribution in [1.82, 2.24) is 5.32 Å². The fraction of sp³-hybridized carbons (Fsp3) is 0.583. The maximum absolute atomic E-state index is 11.5. The zero-order valence-electron chi connectivity index (χ0n) is 17.9. The lowest BCUT2D eigenvalue weighted by Gasteiger charge is -2.02. The van der Waals surface area contributed by atoms with Gasteiger partial charge in [-0.15, -0.1) is 0 Å². The van der Waals surface area contributed by atoms with E-state index in [0.29, 0.717) is 19.4 Å². The number of nitrogens with one attached hydrogen (secondary N) is 1. The Bertz CT molecular complexity index is 535. The molecule has 0 heterocycles. The average molecular weight is 406 g/mol. The highest BCUT2D eigenvalue weighted by Crippen LogP contribution is 2.04. The van der Waals surface area contributed by atoms with Crippen molar-refractivity contribution in [3.63, 3.8) is 0 Å². The maximum atomic E-state index is 11.5. The van der Waals surface area contributed by atoms with Crippen LogP contribution in [0.3, 0.4) is 0 Å². The van der Waals surface area contributed by atoms with E-state index in [-0.39, 0.29) is 18.4 Å². The van der Waals surface area contributed by atoms with Crippen LogP contribution in [0, 0.1) is 0 Å². The van der Waals surface area contributed by atoms with E-state index in [4.69, 9.17) is 5.11 Å². The molecule has 0 bridgehead atoms. The number of unbranched alkanes of at least 4 members (excludes halogenated alkanes) is 3. The third kappa shape index (κ3) is 22.0. The van der Waals surface area contributed by atoms with Gasteiger partial charge in [0.1, 0.15) is 0 Å². The number of carboxylic acid groups (broad SMARTS) is 1. The first-order chi connectivity index (χ1) is 14.1. The topological polar surface area (TPSA) is 86.6 Å². The van der Waals surface area contributed by atoms with Crippen LogP contribution in [0.4, 0.5) is 0 Å². The van der Waals surface area contributed by atoms with Crippen LogP contribution in [0.2, 0.25) is 0 Å². The van der Waals surface area contributed by atoms with Gasteiger partial charge >= 0.3 is 5.97 Å². The molecule has 0 saturated carbocycles. The molecule has 0 saturated heterocycles. The Hall–Kier alpha value is -2.14. The summed E-state index contributed by atoms with van der Waals surface area (Å²) < 4.78 is 0. The highest BCUT2D eigenvalue weighted by atomic mass is 16.4. The normalized spacial score (nSPS) is 13.2. The van der Waals surface area contributed by atoms with E-state index in [1.807, 2.05) is 18.2 Å². The number of hydrogen-bond acceptors (Lipinski definition) is 3. The molecular weight excluding hydrogens is 366 g/mol. The van der Waals surface area contributed by atoms with Gasteiger partial charge in [0.2, 0.25) is 5.91 Å². The minimum atomic E-state index is -0.834. The molecule has 0 rings (SSSR count). The van der Waals surface area contributed by atoms with Crippen molar-refractivity contribution >= 4 is 11.9 Å². The van der Waals surface area contributed by atoms with Crippen LogP contribution in [0.1, 0.15) is 77.6 Å². The lowest BCUT2D eigenvalue weighted by atomic mass is 10.1. The average Bonchev–Trinajstić information content (AvgIpc) is 2.69. The molecule has 0 aliphatic heterocycles. The molecule has 0 aliphatic carbocycles. The number of amides is 1. The number of aliphatic carboxylic acids is 1. The maximum Gasteiger partial charge on any atom is 0.303 e. The molecule has 0 unspecified atom stereocenters. The number of aliphatic hydroxyl groups excluding tert-OH is 1. The van der Waals surface area contributed by atoms with Gasteiger partial charge in [0.15, 0.2) is 0 Å². The van der Waals surface area contributed by atoms with Crippen molar-refractivity contribution in [3.8, 4) is 0 Å². The Labute approximate surface area is 176 Å². The van der Waals surface area contributed by atoms with Crippen LogP contribution in [-0.2, 0) is 9.59 Å². The lowest BCUT2D eigenvalue weighted by molar-refractivity contribution is -0.137. The van der Waals surface area contributed by atoms with E-state index in [1.165, 1.54) is 12.8 Å². The summed E-state index contributed by atoms with van der Waals surface area (Å²) in [6, 6.07) is 0. The molecule has 0 aromatic heterocycles. The monoisotopic (exact) mass is 405 g/mol. The zero-order valence-corrected chi connectivity index (χ0v) is 17.9. The summed E-state index contributed by atoms with van der Waals surface area (Å²) in [5, 5.41) is 21.0. The van der Waals surface area contributed by atoms with Crippen LogP contribution >= 0.6 is 0 Å². The number of rotatable bonds is 18. The van der Waals surface area contributed by atoms with Crippen LogP contribution < -0.4 is 5.32 Å².